The Morgan fingerprint density at radius 3 is 2.81 bits per heavy atom. The molecular weight excluding hydrogens is 260 g/mol. The van der Waals surface area contributed by atoms with Gasteiger partial charge in [-0.05, 0) is 37.3 Å². The second-order valence-electron chi connectivity index (χ2n) is 6.53. The number of benzene rings is 1. The number of hydrogen-bond donors (Lipinski definition) is 1. The third-order valence-corrected chi connectivity index (χ3v) is 4.15. The van der Waals surface area contributed by atoms with E-state index in [1.165, 1.54) is 5.56 Å². The van der Waals surface area contributed by atoms with Crippen LogP contribution in [0.4, 0.5) is 0 Å². The number of likely N-dealkylation sites (tertiary alicyclic amines) is 1. The summed E-state index contributed by atoms with van der Waals surface area (Å²) in [6, 6.07) is 10.5. The molecule has 3 heteroatoms. The van der Waals surface area contributed by atoms with Crippen molar-refractivity contribution in [3.63, 3.8) is 0 Å². The molecule has 0 saturated carbocycles. The molecule has 0 spiro atoms. The first-order valence-electron chi connectivity index (χ1n) is 8.19. The lowest BCUT2D eigenvalue weighted by atomic mass is 9.96. The molecule has 3 nitrogen and oxygen atoms in total. The van der Waals surface area contributed by atoms with Crippen LogP contribution in [0, 0.1) is 11.8 Å². The maximum Gasteiger partial charge on any atom is 0.224 e. The van der Waals surface area contributed by atoms with Crippen molar-refractivity contribution in [2.75, 3.05) is 19.6 Å². The van der Waals surface area contributed by atoms with Gasteiger partial charge in [0.05, 0.1) is 5.92 Å². The zero-order valence-corrected chi connectivity index (χ0v) is 13.3. The molecule has 1 atom stereocenters. The first-order chi connectivity index (χ1) is 10.1. The van der Waals surface area contributed by atoms with Crippen molar-refractivity contribution >= 4 is 5.91 Å². The molecule has 21 heavy (non-hydrogen) atoms. The van der Waals surface area contributed by atoms with Gasteiger partial charge < -0.3 is 5.32 Å². The maximum absolute atomic E-state index is 12.2. The highest BCUT2D eigenvalue weighted by molar-refractivity contribution is 5.78. The van der Waals surface area contributed by atoms with E-state index in [0.717, 1.165) is 45.4 Å². The Kier molecular flexibility index (Phi) is 6.24. The van der Waals surface area contributed by atoms with Crippen LogP contribution < -0.4 is 5.32 Å². The molecule has 0 aliphatic carbocycles. The van der Waals surface area contributed by atoms with Crippen LogP contribution >= 0.6 is 0 Å². The highest BCUT2D eigenvalue weighted by atomic mass is 16.1. The Morgan fingerprint density at radius 2 is 2.10 bits per heavy atom. The third-order valence-electron chi connectivity index (χ3n) is 4.15. The number of piperidine rings is 1. The predicted octanol–water partition coefficient (Wildman–Crippen LogP) is 3.06. The van der Waals surface area contributed by atoms with E-state index in [-0.39, 0.29) is 11.8 Å². The molecule has 1 amide bonds. The minimum absolute atomic E-state index is 0.162. The van der Waals surface area contributed by atoms with Gasteiger partial charge in [0, 0.05) is 19.6 Å². The topological polar surface area (TPSA) is 32.3 Å². The van der Waals surface area contributed by atoms with Gasteiger partial charge in [-0.25, -0.2) is 0 Å². The van der Waals surface area contributed by atoms with Crippen molar-refractivity contribution in [1.29, 1.82) is 0 Å². The average Bonchev–Trinajstić information content (AvgIpc) is 2.48. The van der Waals surface area contributed by atoms with E-state index >= 15 is 0 Å². The zero-order valence-electron chi connectivity index (χ0n) is 13.3. The quantitative estimate of drug-likeness (QED) is 0.872. The van der Waals surface area contributed by atoms with Crippen LogP contribution in [-0.4, -0.2) is 30.4 Å². The minimum atomic E-state index is 0.162. The van der Waals surface area contributed by atoms with Gasteiger partial charge in [0.2, 0.25) is 5.91 Å². The van der Waals surface area contributed by atoms with Gasteiger partial charge >= 0.3 is 0 Å². The van der Waals surface area contributed by atoms with E-state index in [1.807, 2.05) is 6.07 Å². The van der Waals surface area contributed by atoms with Crippen molar-refractivity contribution in [1.82, 2.24) is 10.2 Å². The SMILES string of the molecule is CC(C)CCNC(=O)[C@H]1CCCN(Cc2ccccc2)C1. The Bertz CT molecular complexity index is 430. The summed E-state index contributed by atoms with van der Waals surface area (Å²) in [4.78, 5) is 14.6. The normalized spacial score (nSPS) is 19.7. The highest BCUT2D eigenvalue weighted by Crippen LogP contribution is 2.18. The molecule has 0 aromatic heterocycles. The van der Waals surface area contributed by atoms with E-state index in [4.69, 9.17) is 0 Å². The summed E-state index contributed by atoms with van der Waals surface area (Å²) in [6.45, 7) is 8.14. The number of nitrogens with one attached hydrogen (secondary N) is 1. The fourth-order valence-corrected chi connectivity index (χ4v) is 2.88. The fraction of sp³-hybridized carbons (Fsp3) is 0.611. The molecule has 1 N–H and O–H groups in total. The average molecular weight is 288 g/mol. The molecule has 0 radical (unpaired) electrons. The molecule has 1 aromatic carbocycles. The standard InChI is InChI=1S/C18H28N2O/c1-15(2)10-11-19-18(21)17-9-6-12-20(14-17)13-16-7-4-3-5-8-16/h3-5,7-8,15,17H,6,9-14H2,1-2H3,(H,19,21)/t17-/m0/s1. The summed E-state index contributed by atoms with van der Waals surface area (Å²) in [6.07, 6.45) is 3.21. The number of nitrogens with zero attached hydrogens (tertiary/aromatic N) is 1. The molecule has 116 valence electrons. The molecule has 0 unspecified atom stereocenters. The van der Waals surface area contributed by atoms with Crippen LogP contribution in [0.5, 0.6) is 0 Å². The fourth-order valence-electron chi connectivity index (χ4n) is 2.88. The van der Waals surface area contributed by atoms with E-state index in [1.54, 1.807) is 0 Å². The van der Waals surface area contributed by atoms with Crippen molar-refractivity contribution < 1.29 is 4.79 Å². The summed E-state index contributed by atoms with van der Waals surface area (Å²) >= 11 is 0. The molecular formula is C18H28N2O. The lowest BCUT2D eigenvalue weighted by Gasteiger charge is -2.32. The van der Waals surface area contributed by atoms with Crippen molar-refractivity contribution in [3.8, 4) is 0 Å². The summed E-state index contributed by atoms with van der Waals surface area (Å²) < 4.78 is 0. The Balaban J connectivity index is 1.79. The van der Waals surface area contributed by atoms with Gasteiger partial charge in [0.25, 0.3) is 0 Å². The van der Waals surface area contributed by atoms with Gasteiger partial charge in [0.15, 0.2) is 0 Å². The summed E-state index contributed by atoms with van der Waals surface area (Å²) in [7, 11) is 0. The first-order valence-corrected chi connectivity index (χ1v) is 8.19. The molecule has 1 aromatic rings. The first kappa shape index (κ1) is 16.0. The minimum Gasteiger partial charge on any atom is -0.356 e. The molecule has 1 fully saturated rings. The van der Waals surface area contributed by atoms with Crippen molar-refractivity contribution in [2.45, 2.75) is 39.7 Å². The zero-order chi connectivity index (χ0) is 15.1. The van der Waals surface area contributed by atoms with Gasteiger partial charge in [0.1, 0.15) is 0 Å². The van der Waals surface area contributed by atoms with E-state index in [0.29, 0.717) is 5.92 Å². The number of rotatable bonds is 6. The van der Waals surface area contributed by atoms with Crippen LogP contribution in [0.1, 0.15) is 38.7 Å². The van der Waals surface area contributed by atoms with E-state index in [9.17, 15) is 4.79 Å². The van der Waals surface area contributed by atoms with Gasteiger partial charge in [-0.3, -0.25) is 9.69 Å². The lowest BCUT2D eigenvalue weighted by molar-refractivity contribution is -0.126. The molecule has 0 bridgehead atoms. The predicted molar refractivity (Wildman–Crippen MR) is 86.9 cm³/mol. The number of hydrogen-bond acceptors (Lipinski definition) is 2. The van der Waals surface area contributed by atoms with Crippen LogP contribution in [0.3, 0.4) is 0 Å². The second-order valence-corrected chi connectivity index (χ2v) is 6.53. The van der Waals surface area contributed by atoms with E-state index in [2.05, 4.69) is 48.3 Å². The third kappa shape index (κ3) is 5.50. The van der Waals surface area contributed by atoms with Crippen molar-refractivity contribution in [2.24, 2.45) is 11.8 Å². The van der Waals surface area contributed by atoms with Gasteiger partial charge in [-0.1, -0.05) is 44.2 Å². The Labute approximate surface area is 128 Å². The lowest BCUT2D eigenvalue weighted by Crippen LogP contribution is -2.43. The number of amides is 1. The summed E-state index contributed by atoms with van der Waals surface area (Å²) in [5, 5.41) is 3.10. The largest absolute Gasteiger partial charge is 0.356 e. The van der Waals surface area contributed by atoms with Crippen molar-refractivity contribution in [3.05, 3.63) is 35.9 Å². The maximum atomic E-state index is 12.2. The molecule has 1 saturated heterocycles. The van der Waals surface area contributed by atoms with Crippen LogP contribution in [-0.2, 0) is 11.3 Å². The second kappa shape index (κ2) is 8.18. The van der Waals surface area contributed by atoms with Crippen LogP contribution in [0.2, 0.25) is 0 Å². The van der Waals surface area contributed by atoms with Gasteiger partial charge in [-0.15, -0.1) is 0 Å². The molecule has 1 aliphatic heterocycles. The van der Waals surface area contributed by atoms with Crippen LogP contribution in [0.15, 0.2) is 30.3 Å². The number of carbonyl (C=O) groups is 1. The molecule has 1 aliphatic rings. The van der Waals surface area contributed by atoms with Crippen LogP contribution in [0.25, 0.3) is 0 Å². The Morgan fingerprint density at radius 1 is 1.33 bits per heavy atom. The van der Waals surface area contributed by atoms with E-state index < -0.39 is 0 Å². The van der Waals surface area contributed by atoms with Gasteiger partial charge in [-0.2, -0.15) is 0 Å². The Hall–Kier alpha value is -1.35. The summed E-state index contributed by atoms with van der Waals surface area (Å²) in [5.74, 6) is 1.05. The molecule has 1 heterocycles. The highest BCUT2D eigenvalue weighted by Gasteiger charge is 2.25. The summed E-state index contributed by atoms with van der Waals surface area (Å²) in [5.41, 5.74) is 1.33. The number of carbonyl (C=O) groups excluding carboxylic acids is 1. The molecule has 2 rings (SSSR count). The monoisotopic (exact) mass is 288 g/mol. The smallest absolute Gasteiger partial charge is 0.224 e.